The Morgan fingerprint density at radius 1 is 0.773 bits per heavy atom. The smallest absolute Gasteiger partial charge is 0.256 e. The largest absolute Gasteiger partial charge is 0.321 e. The summed E-state index contributed by atoms with van der Waals surface area (Å²) in [5.41, 5.74) is 2.97. The minimum absolute atomic E-state index is 0.0378. The average Bonchev–Trinajstić information content (AvgIpc) is 2.55. The Kier molecular flexibility index (Phi) is 2.83. The van der Waals surface area contributed by atoms with Crippen LogP contribution in [-0.4, -0.2) is 4.98 Å². The number of benzene rings is 3. The zero-order valence-corrected chi connectivity index (χ0v) is 12.3. The van der Waals surface area contributed by atoms with E-state index in [1.54, 1.807) is 0 Å². The fourth-order valence-electron chi connectivity index (χ4n) is 2.98. The Morgan fingerprint density at radius 2 is 1.59 bits per heavy atom. The van der Waals surface area contributed by atoms with Gasteiger partial charge >= 0.3 is 0 Å². The molecule has 4 rings (SSSR count). The van der Waals surface area contributed by atoms with E-state index >= 15 is 0 Å². The predicted molar refractivity (Wildman–Crippen MR) is 92.2 cm³/mol. The lowest BCUT2D eigenvalue weighted by molar-refractivity contribution is 1.28. The minimum atomic E-state index is -0.0378. The van der Waals surface area contributed by atoms with Gasteiger partial charge in [0.15, 0.2) is 0 Å². The van der Waals surface area contributed by atoms with E-state index < -0.39 is 0 Å². The van der Waals surface area contributed by atoms with Gasteiger partial charge in [-0.25, -0.2) is 0 Å². The Labute approximate surface area is 128 Å². The summed E-state index contributed by atoms with van der Waals surface area (Å²) in [6.07, 6.45) is 0. The van der Waals surface area contributed by atoms with Gasteiger partial charge in [0.1, 0.15) is 0 Å². The van der Waals surface area contributed by atoms with Crippen LogP contribution in [0.25, 0.3) is 32.8 Å². The second-order valence-corrected chi connectivity index (χ2v) is 5.63. The first-order valence-corrected chi connectivity index (χ1v) is 7.34. The molecule has 3 aromatic carbocycles. The van der Waals surface area contributed by atoms with Crippen LogP contribution in [-0.2, 0) is 0 Å². The van der Waals surface area contributed by atoms with Gasteiger partial charge in [-0.3, -0.25) is 4.79 Å². The van der Waals surface area contributed by atoms with E-state index in [4.69, 9.17) is 0 Å². The Hall–Kier alpha value is -2.87. The zero-order valence-electron chi connectivity index (χ0n) is 12.3. The van der Waals surface area contributed by atoms with Crippen molar-refractivity contribution in [1.29, 1.82) is 0 Å². The fraction of sp³-hybridized carbons (Fsp3) is 0.0500. The van der Waals surface area contributed by atoms with Crippen molar-refractivity contribution in [3.8, 4) is 11.3 Å². The number of aromatic nitrogens is 1. The van der Waals surface area contributed by atoms with E-state index in [9.17, 15) is 4.79 Å². The van der Waals surface area contributed by atoms with Gasteiger partial charge in [-0.2, -0.15) is 0 Å². The molecule has 0 atom stereocenters. The van der Waals surface area contributed by atoms with Crippen LogP contribution in [0.3, 0.4) is 0 Å². The highest BCUT2D eigenvalue weighted by Crippen LogP contribution is 2.28. The number of rotatable bonds is 1. The maximum Gasteiger partial charge on any atom is 0.256 e. The molecule has 0 aliphatic heterocycles. The summed E-state index contributed by atoms with van der Waals surface area (Å²) in [6, 6.07) is 22.4. The zero-order chi connectivity index (χ0) is 15.1. The molecule has 0 unspecified atom stereocenters. The molecule has 0 amide bonds. The molecule has 106 valence electrons. The second kappa shape index (κ2) is 4.85. The normalized spacial score (nSPS) is 11.1. The van der Waals surface area contributed by atoms with Crippen molar-refractivity contribution in [2.45, 2.75) is 6.92 Å². The third-order valence-electron chi connectivity index (χ3n) is 4.08. The Morgan fingerprint density at radius 3 is 2.50 bits per heavy atom. The van der Waals surface area contributed by atoms with Gasteiger partial charge in [-0.15, -0.1) is 0 Å². The van der Waals surface area contributed by atoms with Gasteiger partial charge in [-0.1, -0.05) is 60.2 Å². The number of hydrogen-bond acceptors (Lipinski definition) is 1. The van der Waals surface area contributed by atoms with Crippen LogP contribution < -0.4 is 5.56 Å². The molecule has 0 bridgehead atoms. The average molecular weight is 285 g/mol. The van der Waals surface area contributed by atoms with Crippen molar-refractivity contribution in [2.24, 2.45) is 0 Å². The van der Waals surface area contributed by atoms with E-state index in [2.05, 4.69) is 29.2 Å². The summed E-state index contributed by atoms with van der Waals surface area (Å²) >= 11 is 0. The van der Waals surface area contributed by atoms with E-state index in [1.165, 1.54) is 5.39 Å². The van der Waals surface area contributed by atoms with E-state index in [1.807, 2.05) is 49.4 Å². The standard InChI is InChI=1S/C20H15NO/c1-13-9-10-15-12-19(21-20(22)18(15)11-13)17-8-4-6-14-5-2-3-7-16(14)17/h2-12H,1H3,(H,21,22). The summed E-state index contributed by atoms with van der Waals surface area (Å²) in [4.78, 5) is 15.4. The summed E-state index contributed by atoms with van der Waals surface area (Å²) in [7, 11) is 0. The molecule has 0 saturated heterocycles. The van der Waals surface area contributed by atoms with Crippen LogP contribution >= 0.6 is 0 Å². The first kappa shape index (κ1) is 12.8. The number of H-pyrrole nitrogens is 1. The van der Waals surface area contributed by atoms with Gasteiger partial charge in [0.2, 0.25) is 0 Å². The van der Waals surface area contributed by atoms with Crippen LogP contribution in [0.4, 0.5) is 0 Å². The highest BCUT2D eigenvalue weighted by atomic mass is 16.1. The third kappa shape index (κ3) is 2.01. The lowest BCUT2D eigenvalue weighted by atomic mass is 10.00. The van der Waals surface area contributed by atoms with Crippen LogP contribution in [0.5, 0.6) is 0 Å². The molecular weight excluding hydrogens is 270 g/mol. The molecule has 4 aromatic rings. The van der Waals surface area contributed by atoms with Crippen molar-refractivity contribution in [1.82, 2.24) is 4.98 Å². The van der Waals surface area contributed by atoms with E-state index in [0.717, 1.165) is 33.0 Å². The van der Waals surface area contributed by atoms with Crippen LogP contribution in [0.15, 0.2) is 71.5 Å². The van der Waals surface area contributed by atoms with Crippen LogP contribution in [0.2, 0.25) is 0 Å². The van der Waals surface area contributed by atoms with E-state index in [0.29, 0.717) is 0 Å². The number of hydrogen-bond donors (Lipinski definition) is 1. The summed E-state index contributed by atoms with van der Waals surface area (Å²) in [5.74, 6) is 0. The quantitative estimate of drug-likeness (QED) is 0.542. The lowest BCUT2D eigenvalue weighted by Gasteiger charge is -2.08. The van der Waals surface area contributed by atoms with Gasteiger partial charge in [0.05, 0.1) is 0 Å². The topological polar surface area (TPSA) is 32.9 Å². The maximum absolute atomic E-state index is 12.4. The predicted octanol–water partition coefficient (Wildman–Crippen LogP) is 4.66. The molecule has 1 heterocycles. The molecule has 1 aromatic heterocycles. The highest BCUT2D eigenvalue weighted by Gasteiger charge is 2.07. The first-order chi connectivity index (χ1) is 10.7. The second-order valence-electron chi connectivity index (χ2n) is 5.63. The third-order valence-corrected chi connectivity index (χ3v) is 4.08. The van der Waals surface area contributed by atoms with Gasteiger partial charge in [0, 0.05) is 16.6 Å². The monoisotopic (exact) mass is 285 g/mol. The Balaban J connectivity index is 2.05. The first-order valence-electron chi connectivity index (χ1n) is 7.34. The molecule has 0 spiro atoms. The number of aryl methyl sites for hydroxylation is 1. The molecule has 0 saturated carbocycles. The van der Waals surface area contributed by atoms with Crippen molar-refractivity contribution in [3.05, 3.63) is 82.6 Å². The van der Waals surface area contributed by atoms with Gasteiger partial charge in [-0.05, 0) is 35.2 Å². The van der Waals surface area contributed by atoms with Crippen molar-refractivity contribution < 1.29 is 0 Å². The molecule has 1 N–H and O–H groups in total. The van der Waals surface area contributed by atoms with E-state index in [-0.39, 0.29) is 5.56 Å². The molecule has 22 heavy (non-hydrogen) atoms. The van der Waals surface area contributed by atoms with Crippen LogP contribution in [0, 0.1) is 6.92 Å². The lowest BCUT2D eigenvalue weighted by Crippen LogP contribution is -2.07. The molecule has 0 aliphatic rings. The number of aromatic amines is 1. The van der Waals surface area contributed by atoms with Crippen LogP contribution in [0.1, 0.15) is 5.56 Å². The highest BCUT2D eigenvalue weighted by molar-refractivity contribution is 5.97. The van der Waals surface area contributed by atoms with Crippen molar-refractivity contribution in [3.63, 3.8) is 0 Å². The number of fused-ring (bicyclic) bond motifs is 2. The Bertz CT molecular complexity index is 1050. The molecule has 0 aliphatic carbocycles. The SMILES string of the molecule is Cc1ccc2cc(-c3cccc4ccccc34)[nH]c(=O)c2c1. The summed E-state index contributed by atoms with van der Waals surface area (Å²) in [6.45, 7) is 2.00. The summed E-state index contributed by atoms with van der Waals surface area (Å²) in [5, 5.41) is 4.03. The van der Waals surface area contributed by atoms with Crippen molar-refractivity contribution >= 4 is 21.5 Å². The van der Waals surface area contributed by atoms with Crippen molar-refractivity contribution in [2.75, 3.05) is 0 Å². The maximum atomic E-state index is 12.4. The number of nitrogens with one attached hydrogen (secondary N) is 1. The molecule has 2 heteroatoms. The van der Waals surface area contributed by atoms with Gasteiger partial charge < -0.3 is 4.98 Å². The minimum Gasteiger partial charge on any atom is -0.321 e. The number of pyridine rings is 1. The molecule has 0 fully saturated rings. The fourth-order valence-corrected chi connectivity index (χ4v) is 2.98. The summed E-state index contributed by atoms with van der Waals surface area (Å²) < 4.78 is 0. The molecule has 2 nitrogen and oxygen atoms in total. The molecule has 0 radical (unpaired) electrons. The van der Waals surface area contributed by atoms with Gasteiger partial charge in [0.25, 0.3) is 5.56 Å². The molecular formula is C20H15NO.